The quantitative estimate of drug-likeness (QED) is 0.234. The van der Waals surface area contributed by atoms with Crippen LogP contribution in [0.5, 0.6) is 0 Å². The van der Waals surface area contributed by atoms with Crippen molar-refractivity contribution >= 4 is 18.0 Å². The summed E-state index contributed by atoms with van der Waals surface area (Å²) in [6.07, 6.45) is 1.22. The van der Waals surface area contributed by atoms with E-state index < -0.39 is 67.1 Å². The van der Waals surface area contributed by atoms with Gasteiger partial charge in [0.2, 0.25) is 0 Å². The molecule has 13 heteroatoms. The van der Waals surface area contributed by atoms with E-state index in [4.69, 9.17) is 33.2 Å². The van der Waals surface area contributed by atoms with Crippen LogP contribution in [-0.4, -0.2) is 136 Å². The number of nitrogens with zero attached hydrogens (tertiary/aromatic N) is 1. The zero-order chi connectivity index (χ0) is 38.7. The van der Waals surface area contributed by atoms with Crippen molar-refractivity contribution in [2.45, 2.75) is 148 Å². The third-order valence-electron chi connectivity index (χ3n) is 10.8. The minimum absolute atomic E-state index is 0.0865. The van der Waals surface area contributed by atoms with Crippen molar-refractivity contribution in [1.29, 1.82) is 0 Å². The second-order valence-electron chi connectivity index (χ2n) is 15.2. The Hall–Kier alpha value is -2.07. The fourth-order valence-electron chi connectivity index (χ4n) is 7.67. The van der Waals surface area contributed by atoms with Crippen molar-refractivity contribution in [3.05, 3.63) is 23.8 Å². The van der Waals surface area contributed by atoms with Gasteiger partial charge in [-0.3, -0.25) is 9.59 Å². The minimum Gasteiger partial charge on any atom is -0.462 e. The largest absolute Gasteiger partial charge is 0.462 e. The second kappa shape index (κ2) is 21.1. The highest BCUT2D eigenvalue weighted by Crippen LogP contribution is 2.34. The summed E-state index contributed by atoms with van der Waals surface area (Å²) in [6.45, 7) is 11.4. The molecule has 3 aliphatic rings. The summed E-state index contributed by atoms with van der Waals surface area (Å²) < 4.78 is 42.2. The van der Waals surface area contributed by atoms with Crippen LogP contribution in [0.1, 0.15) is 80.1 Å². The number of allylic oxidation sites excluding steroid dienone is 3. The molecule has 3 rings (SSSR count). The Kier molecular flexibility index (Phi) is 18.0. The summed E-state index contributed by atoms with van der Waals surface area (Å²) in [5.41, 5.74) is 0.773. The van der Waals surface area contributed by atoms with Crippen LogP contribution in [0, 0.1) is 23.7 Å². The molecule has 3 aliphatic heterocycles. The van der Waals surface area contributed by atoms with Crippen molar-refractivity contribution in [1.82, 2.24) is 4.90 Å². The molecule has 15 atom stereocenters. The predicted molar refractivity (Wildman–Crippen MR) is 193 cm³/mol. The fourth-order valence-corrected chi connectivity index (χ4v) is 7.67. The smallest absolute Gasteiger partial charge is 0.306 e. The number of aldehydes is 1. The van der Waals surface area contributed by atoms with Gasteiger partial charge in [-0.1, -0.05) is 38.5 Å². The molecule has 0 aliphatic carbocycles. The molecule has 13 nitrogen and oxygen atoms in total. The molecule has 0 spiro atoms. The number of aliphatic hydroxyl groups is 2. The van der Waals surface area contributed by atoms with Crippen LogP contribution in [0.15, 0.2) is 23.8 Å². The number of cyclic esters (lactones) is 1. The van der Waals surface area contributed by atoms with Gasteiger partial charge in [0.15, 0.2) is 18.4 Å². The Morgan fingerprint density at radius 1 is 0.942 bits per heavy atom. The maximum absolute atomic E-state index is 13.5. The highest BCUT2D eigenvalue weighted by Gasteiger charge is 2.46. The van der Waals surface area contributed by atoms with Crippen molar-refractivity contribution in [3.63, 3.8) is 0 Å². The number of hydrogen-bond acceptors (Lipinski definition) is 13. The third-order valence-corrected chi connectivity index (χ3v) is 10.8. The van der Waals surface area contributed by atoms with Crippen LogP contribution in [0.4, 0.5) is 0 Å². The Labute approximate surface area is 310 Å². The first kappa shape index (κ1) is 44.3. The zero-order valence-corrected chi connectivity index (χ0v) is 32.8. The van der Waals surface area contributed by atoms with E-state index in [-0.39, 0.29) is 55.2 Å². The maximum Gasteiger partial charge on any atom is 0.306 e. The van der Waals surface area contributed by atoms with Crippen LogP contribution >= 0.6 is 0 Å². The summed E-state index contributed by atoms with van der Waals surface area (Å²) in [4.78, 5) is 40.9. The first-order valence-electron chi connectivity index (χ1n) is 18.8. The van der Waals surface area contributed by atoms with E-state index in [2.05, 4.69) is 0 Å². The van der Waals surface area contributed by atoms with Gasteiger partial charge in [0, 0.05) is 44.9 Å². The molecule has 0 bridgehead atoms. The first-order valence-corrected chi connectivity index (χ1v) is 18.8. The van der Waals surface area contributed by atoms with Crippen molar-refractivity contribution in [2.24, 2.45) is 23.7 Å². The molecule has 52 heavy (non-hydrogen) atoms. The summed E-state index contributed by atoms with van der Waals surface area (Å²) in [7, 11) is 6.80. The number of ketones is 1. The molecule has 298 valence electrons. The Morgan fingerprint density at radius 3 is 2.25 bits per heavy atom. The summed E-state index contributed by atoms with van der Waals surface area (Å²) >= 11 is 0. The number of carbonyl (C=O) groups excluding carboxylic acids is 3. The van der Waals surface area contributed by atoms with Gasteiger partial charge in [-0.2, -0.15) is 0 Å². The molecule has 3 heterocycles. The average Bonchev–Trinajstić information content (AvgIpc) is 3.10. The van der Waals surface area contributed by atoms with Crippen LogP contribution in [0.25, 0.3) is 0 Å². The molecule has 0 aromatic heterocycles. The van der Waals surface area contributed by atoms with E-state index in [0.29, 0.717) is 25.7 Å². The molecule has 2 fully saturated rings. The van der Waals surface area contributed by atoms with Crippen molar-refractivity contribution in [2.75, 3.05) is 34.9 Å². The average molecular weight is 740 g/mol. The van der Waals surface area contributed by atoms with Gasteiger partial charge in [-0.25, -0.2) is 0 Å². The molecule has 0 unspecified atom stereocenters. The molecule has 0 aromatic rings. The lowest BCUT2D eigenvalue weighted by Gasteiger charge is -2.44. The Balaban J connectivity index is 1.91. The number of ether oxygens (including phenoxy) is 7. The molecule has 2 N–H and O–H groups in total. The van der Waals surface area contributed by atoms with Crippen LogP contribution in [0.3, 0.4) is 0 Å². The van der Waals surface area contributed by atoms with Gasteiger partial charge >= 0.3 is 5.97 Å². The van der Waals surface area contributed by atoms with Crippen LogP contribution in [-0.2, 0) is 47.5 Å². The van der Waals surface area contributed by atoms with Crippen LogP contribution in [0.2, 0.25) is 0 Å². The van der Waals surface area contributed by atoms with E-state index in [1.165, 1.54) is 14.2 Å². The molecule has 0 saturated carbocycles. The van der Waals surface area contributed by atoms with Crippen molar-refractivity contribution < 1.29 is 57.8 Å². The first-order chi connectivity index (χ1) is 24.6. The van der Waals surface area contributed by atoms with Gasteiger partial charge < -0.3 is 53.1 Å². The maximum atomic E-state index is 13.5. The monoisotopic (exact) mass is 739 g/mol. The lowest BCUT2D eigenvalue weighted by molar-refractivity contribution is -0.304. The molecule has 0 amide bonds. The summed E-state index contributed by atoms with van der Waals surface area (Å²) in [5.74, 6) is -1.95. The normalized spacial score (nSPS) is 41.9. The molecular weight excluding hydrogens is 674 g/mol. The van der Waals surface area contributed by atoms with E-state index >= 15 is 0 Å². The highest BCUT2D eigenvalue weighted by atomic mass is 16.7. The predicted octanol–water partition coefficient (Wildman–Crippen LogP) is 3.62. The van der Waals surface area contributed by atoms with Gasteiger partial charge in [0.1, 0.15) is 36.8 Å². The molecule has 2 saturated heterocycles. The lowest BCUT2D eigenvalue weighted by atomic mass is 9.80. The number of hydrogen-bond donors (Lipinski definition) is 2. The van der Waals surface area contributed by atoms with E-state index in [1.54, 1.807) is 19.1 Å². The second-order valence-corrected chi connectivity index (χ2v) is 15.2. The SMILES string of the molecule is CC[C@H]1OC(=O)CC[C@H](C)[C@@H](O[C@@H]2O[C@H](C)C[C@H](N(C)C)[C@H]2O)[C@@H](CC=O)C[C@@H](C)C(=O)/C=C/C(C)=C/[C@@H]1CO[C@@H]1O[C@H](C)[C@@H](O)[C@@H](OC)[C@H]1OC. The molecular formula is C39H65NO12. The fraction of sp³-hybridized carbons (Fsp3) is 0.821. The summed E-state index contributed by atoms with van der Waals surface area (Å²) in [6, 6.07) is -0.193. The van der Waals surface area contributed by atoms with E-state index in [0.717, 1.165) is 11.9 Å². The van der Waals surface area contributed by atoms with Crippen molar-refractivity contribution in [3.8, 4) is 0 Å². The zero-order valence-electron chi connectivity index (χ0n) is 32.8. The minimum atomic E-state index is -0.949. The molecule has 0 aromatic carbocycles. The summed E-state index contributed by atoms with van der Waals surface area (Å²) in [5, 5.41) is 21.9. The van der Waals surface area contributed by atoms with Gasteiger partial charge in [-0.15, -0.1) is 0 Å². The number of methoxy groups -OCH3 is 2. The van der Waals surface area contributed by atoms with E-state index in [9.17, 15) is 24.6 Å². The topological polar surface area (TPSA) is 160 Å². The number of esters is 1. The van der Waals surface area contributed by atoms with Gasteiger partial charge in [0.25, 0.3) is 0 Å². The van der Waals surface area contributed by atoms with Crippen LogP contribution < -0.4 is 0 Å². The van der Waals surface area contributed by atoms with E-state index in [1.807, 2.05) is 59.7 Å². The highest BCUT2D eigenvalue weighted by molar-refractivity contribution is 5.91. The standard InChI is InChI=1S/C39H65NO12/c1-11-31-28(21-48-39-37(47-10)36(46-9)33(44)26(6)50-39)18-22(2)12-14-30(42)24(4)19-27(16-17-41)35(23(3)13-15-32(43)51-31)52-38-34(45)29(40(7)8)20-25(5)49-38/h12,14,17-18,23-29,31,33-39,44-45H,11,13,15-16,19-21H2,1-10H3/b14-12+,22-18+/t23-,24+,25+,26+,27-,28+,29-,31+,33+,34+,35+,36+,37+,38-,39+/m0/s1. The van der Waals surface area contributed by atoms with Gasteiger partial charge in [0.05, 0.1) is 24.9 Å². The number of carbonyl (C=O) groups is 3. The lowest BCUT2D eigenvalue weighted by Crippen LogP contribution is -2.59. The van der Waals surface area contributed by atoms with Gasteiger partial charge in [-0.05, 0) is 78.5 Å². The number of aliphatic hydroxyl groups excluding tert-OH is 2. The molecule has 0 radical (unpaired) electrons. The number of rotatable bonds is 11. The Bertz CT molecular complexity index is 1190. The Morgan fingerprint density at radius 2 is 1.63 bits per heavy atom. The third kappa shape index (κ3) is 12.0. The number of likely N-dealkylation sites (N-methyl/N-ethyl adjacent to an activating group) is 1.